The van der Waals surface area contributed by atoms with Crippen LogP contribution in [0.3, 0.4) is 0 Å². The Bertz CT molecular complexity index is 397. The largest absolute Gasteiger partial charge is 0.369 e. The van der Waals surface area contributed by atoms with Crippen molar-refractivity contribution in [1.82, 2.24) is 5.32 Å². The highest BCUT2D eigenvalue weighted by Gasteiger charge is 2.26. The molecular weight excluding hydrogens is 239 g/mol. The van der Waals surface area contributed by atoms with E-state index >= 15 is 0 Å². The minimum absolute atomic E-state index is 0.229. The van der Waals surface area contributed by atoms with Gasteiger partial charge < -0.3 is 10.2 Å². The van der Waals surface area contributed by atoms with Crippen LogP contribution < -0.4 is 10.2 Å². The third-order valence-corrected chi connectivity index (χ3v) is 3.76. The molecule has 0 radical (unpaired) electrons. The summed E-state index contributed by atoms with van der Waals surface area (Å²) in [6.07, 6.45) is 1.04. The summed E-state index contributed by atoms with van der Waals surface area (Å²) in [5.74, 6) is 0.288. The van der Waals surface area contributed by atoms with E-state index in [1.54, 1.807) is 12.1 Å². The second-order valence-corrected chi connectivity index (χ2v) is 5.14. The molecule has 0 bridgehead atoms. The average molecular weight is 257 g/mol. The molecule has 1 aliphatic rings. The summed E-state index contributed by atoms with van der Waals surface area (Å²) >= 11 is 5.76. The van der Waals surface area contributed by atoms with E-state index in [4.69, 9.17) is 11.6 Å². The quantitative estimate of drug-likeness (QED) is 0.875. The summed E-state index contributed by atoms with van der Waals surface area (Å²) in [6, 6.07) is 5.42. The molecule has 1 N–H and O–H groups in total. The van der Waals surface area contributed by atoms with E-state index in [-0.39, 0.29) is 5.82 Å². The standard InChI is InChI=1S/C13H18ClFN2/c1-9-8-17(6-5-12(9)16-2)13-4-3-10(14)7-11(13)15/h3-4,7,9,12,16H,5-6,8H2,1-2H3. The first-order valence-electron chi connectivity index (χ1n) is 5.99. The first kappa shape index (κ1) is 12.7. The van der Waals surface area contributed by atoms with E-state index in [0.29, 0.717) is 22.7 Å². The summed E-state index contributed by atoms with van der Waals surface area (Å²) < 4.78 is 13.8. The average Bonchev–Trinajstić information content (AvgIpc) is 2.29. The molecule has 94 valence electrons. The molecule has 0 aromatic heterocycles. The molecule has 0 aliphatic carbocycles. The molecule has 0 saturated carbocycles. The van der Waals surface area contributed by atoms with Gasteiger partial charge in [0.2, 0.25) is 0 Å². The van der Waals surface area contributed by atoms with Crippen molar-refractivity contribution in [3.63, 3.8) is 0 Å². The second-order valence-electron chi connectivity index (χ2n) is 4.70. The third kappa shape index (κ3) is 2.72. The molecule has 4 heteroatoms. The van der Waals surface area contributed by atoms with Gasteiger partial charge in [-0.25, -0.2) is 4.39 Å². The van der Waals surface area contributed by atoms with Gasteiger partial charge in [0, 0.05) is 24.2 Å². The molecule has 2 nitrogen and oxygen atoms in total. The molecule has 1 saturated heterocycles. The smallest absolute Gasteiger partial charge is 0.147 e. The van der Waals surface area contributed by atoms with Crippen molar-refractivity contribution < 1.29 is 4.39 Å². The fourth-order valence-corrected chi connectivity index (χ4v) is 2.69. The highest BCUT2D eigenvalue weighted by atomic mass is 35.5. The predicted molar refractivity (Wildman–Crippen MR) is 70.3 cm³/mol. The Morgan fingerprint density at radius 2 is 2.24 bits per heavy atom. The predicted octanol–water partition coefficient (Wildman–Crippen LogP) is 2.91. The van der Waals surface area contributed by atoms with Crippen molar-refractivity contribution in [2.45, 2.75) is 19.4 Å². The van der Waals surface area contributed by atoms with Crippen LogP contribution >= 0.6 is 11.6 Å². The normalized spacial score (nSPS) is 25.1. The molecule has 2 rings (SSSR count). The topological polar surface area (TPSA) is 15.3 Å². The summed E-state index contributed by atoms with van der Waals surface area (Å²) in [6.45, 7) is 3.96. The molecule has 1 fully saturated rings. The molecule has 1 aliphatic heterocycles. The summed E-state index contributed by atoms with van der Waals surface area (Å²) in [7, 11) is 1.99. The first-order valence-corrected chi connectivity index (χ1v) is 6.37. The lowest BCUT2D eigenvalue weighted by molar-refractivity contribution is 0.337. The number of hydrogen-bond donors (Lipinski definition) is 1. The molecule has 0 spiro atoms. The van der Waals surface area contributed by atoms with Gasteiger partial charge in [-0.3, -0.25) is 0 Å². The monoisotopic (exact) mass is 256 g/mol. The fraction of sp³-hybridized carbons (Fsp3) is 0.538. The van der Waals surface area contributed by atoms with Crippen molar-refractivity contribution in [3.8, 4) is 0 Å². The van der Waals surface area contributed by atoms with E-state index in [1.165, 1.54) is 6.07 Å². The Kier molecular flexibility index (Phi) is 3.89. The lowest BCUT2D eigenvalue weighted by atomic mass is 9.93. The lowest BCUT2D eigenvalue weighted by Crippen LogP contribution is -2.47. The van der Waals surface area contributed by atoms with Gasteiger partial charge in [-0.15, -0.1) is 0 Å². The van der Waals surface area contributed by atoms with Gasteiger partial charge in [-0.05, 0) is 37.6 Å². The van der Waals surface area contributed by atoms with Crippen LogP contribution in [0.5, 0.6) is 0 Å². The minimum Gasteiger partial charge on any atom is -0.369 e. The molecule has 17 heavy (non-hydrogen) atoms. The molecule has 2 unspecified atom stereocenters. The van der Waals surface area contributed by atoms with Crippen molar-refractivity contribution in [2.75, 3.05) is 25.0 Å². The maximum absolute atomic E-state index is 13.8. The molecule has 1 aromatic rings. The summed E-state index contributed by atoms with van der Waals surface area (Å²) in [4.78, 5) is 2.10. The Morgan fingerprint density at radius 1 is 1.47 bits per heavy atom. The van der Waals surface area contributed by atoms with Gasteiger partial charge >= 0.3 is 0 Å². The van der Waals surface area contributed by atoms with Crippen LogP contribution in [0, 0.1) is 11.7 Å². The van der Waals surface area contributed by atoms with Crippen LogP contribution in [-0.4, -0.2) is 26.2 Å². The van der Waals surface area contributed by atoms with E-state index in [2.05, 4.69) is 17.1 Å². The maximum atomic E-state index is 13.8. The van der Waals surface area contributed by atoms with Crippen molar-refractivity contribution in [3.05, 3.63) is 29.0 Å². The Labute approximate surface area is 107 Å². The first-order chi connectivity index (χ1) is 8.11. The van der Waals surface area contributed by atoms with E-state index in [1.807, 2.05) is 7.05 Å². The van der Waals surface area contributed by atoms with Gasteiger partial charge in [0.15, 0.2) is 0 Å². The lowest BCUT2D eigenvalue weighted by Gasteiger charge is -2.38. The van der Waals surface area contributed by atoms with Gasteiger partial charge in [0.25, 0.3) is 0 Å². The number of nitrogens with zero attached hydrogens (tertiary/aromatic N) is 1. The zero-order valence-corrected chi connectivity index (χ0v) is 11.0. The van der Waals surface area contributed by atoms with Gasteiger partial charge in [-0.1, -0.05) is 18.5 Å². The Morgan fingerprint density at radius 3 is 2.82 bits per heavy atom. The van der Waals surface area contributed by atoms with Crippen molar-refractivity contribution in [1.29, 1.82) is 0 Å². The van der Waals surface area contributed by atoms with Crippen LogP contribution in [0.4, 0.5) is 10.1 Å². The van der Waals surface area contributed by atoms with Crippen LogP contribution in [0.25, 0.3) is 0 Å². The minimum atomic E-state index is -0.229. The molecule has 1 heterocycles. The maximum Gasteiger partial charge on any atom is 0.147 e. The number of piperidine rings is 1. The molecule has 0 amide bonds. The highest BCUT2D eigenvalue weighted by Crippen LogP contribution is 2.27. The number of benzene rings is 1. The van der Waals surface area contributed by atoms with Gasteiger partial charge in [0.1, 0.15) is 5.82 Å². The molecule has 2 atom stereocenters. The molecule has 1 aromatic carbocycles. The highest BCUT2D eigenvalue weighted by molar-refractivity contribution is 6.30. The van der Waals surface area contributed by atoms with Crippen LogP contribution in [0.1, 0.15) is 13.3 Å². The van der Waals surface area contributed by atoms with E-state index < -0.39 is 0 Å². The van der Waals surface area contributed by atoms with Crippen LogP contribution in [-0.2, 0) is 0 Å². The van der Waals surface area contributed by atoms with Gasteiger partial charge in [0.05, 0.1) is 5.69 Å². The number of rotatable bonds is 2. The number of anilines is 1. The van der Waals surface area contributed by atoms with Crippen molar-refractivity contribution in [2.24, 2.45) is 5.92 Å². The van der Waals surface area contributed by atoms with Gasteiger partial charge in [-0.2, -0.15) is 0 Å². The SMILES string of the molecule is CNC1CCN(c2ccc(Cl)cc2F)CC1C. The van der Waals surface area contributed by atoms with Crippen LogP contribution in [0.15, 0.2) is 18.2 Å². The number of hydrogen-bond acceptors (Lipinski definition) is 2. The fourth-order valence-electron chi connectivity index (χ4n) is 2.53. The van der Waals surface area contributed by atoms with E-state index in [9.17, 15) is 4.39 Å². The Balaban J connectivity index is 2.14. The van der Waals surface area contributed by atoms with Crippen LogP contribution in [0.2, 0.25) is 5.02 Å². The summed E-state index contributed by atoms with van der Waals surface area (Å²) in [5, 5.41) is 3.76. The zero-order chi connectivity index (χ0) is 12.4. The number of halogens is 2. The number of nitrogens with one attached hydrogen (secondary N) is 1. The second kappa shape index (κ2) is 5.23. The Hall–Kier alpha value is -0.800. The summed E-state index contributed by atoms with van der Waals surface area (Å²) in [5.41, 5.74) is 0.663. The third-order valence-electron chi connectivity index (χ3n) is 3.53. The molecular formula is C13H18ClFN2. The van der Waals surface area contributed by atoms with Crippen molar-refractivity contribution >= 4 is 17.3 Å². The zero-order valence-electron chi connectivity index (χ0n) is 10.2. The van der Waals surface area contributed by atoms with E-state index in [0.717, 1.165) is 19.5 Å².